The van der Waals surface area contributed by atoms with Crippen LogP contribution in [0.15, 0.2) is 78.9 Å². The lowest BCUT2D eigenvalue weighted by molar-refractivity contribution is -0.114. The van der Waals surface area contributed by atoms with Gasteiger partial charge in [-0.1, -0.05) is 42.5 Å². The van der Waals surface area contributed by atoms with Crippen molar-refractivity contribution in [1.29, 1.82) is 0 Å². The number of benzene rings is 3. The summed E-state index contributed by atoms with van der Waals surface area (Å²) in [6.07, 6.45) is 1.56. The molecule has 3 aromatic carbocycles. The van der Waals surface area contributed by atoms with Gasteiger partial charge in [-0.2, -0.15) is 0 Å². The van der Waals surface area contributed by atoms with Crippen LogP contribution in [0.3, 0.4) is 0 Å². The van der Waals surface area contributed by atoms with Crippen molar-refractivity contribution in [3.63, 3.8) is 0 Å². The van der Waals surface area contributed by atoms with E-state index in [1.807, 2.05) is 42.5 Å². The highest BCUT2D eigenvalue weighted by Crippen LogP contribution is 2.18. The minimum absolute atomic E-state index is 0.0842. The van der Waals surface area contributed by atoms with Crippen LogP contribution in [0, 0.1) is 0 Å². The predicted octanol–water partition coefficient (Wildman–Crippen LogP) is 4.13. The van der Waals surface area contributed by atoms with E-state index in [1.54, 1.807) is 31.4 Å². The summed E-state index contributed by atoms with van der Waals surface area (Å²) >= 11 is 0. The third-order valence-electron chi connectivity index (χ3n) is 5.01. The predicted molar refractivity (Wildman–Crippen MR) is 134 cm³/mol. The second-order valence-electron chi connectivity index (χ2n) is 7.70. The van der Waals surface area contributed by atoms with Crippen LogP contribution in [0.25, 0.3) is 0 Å². The molecule has 0 bridgehead atoms. The Hall–Kier alpha value is -3.84. The maximum Gasteiger partial charge on any atom is 0.251 e. The summed E-state index contributed by atoms with van der Waals surface area (Å²) in [5.41, 5.74) is 3.07. The molecule has 2 amide bonds. The fourth-order valence-corrected chi connectivity index (χ4v) is 3.27. The average Bonchev–Trinajstić information content (AvgIpc) is 2.86. The Morgan fingerprint density at radius 1 is 0.853 bits per heavy atom. The van der Waals surface area contributed by atoms with E-state index < -0.39 is 0 Å². The summed E-state index contributed by atoms with van der Waals surface area (Å²) < 4.78 is 10.8. The molecule has 3 N–H and O–H groups in total. The van der Waals surface area contributed by atoms with Gasteiger partial charge in [0.25, 0.3) is 5.91 Å². The van der Waals surface area contributed by atoms with Crippen molar-refractivity contribution in [2.24, 2.45) is 0 Å². The topological polar surface area (TPSA) is 88.7 Å². The van der Waals surface area contributed by atoms with Crippen molar-refractivity contribution in [1.82, 2.24) is 5.32 Å². The van der Waals surface area contributed by atoms with Gasteiger partial charge in [-0.15, -0.1) is 0 Å². The van der Waals surface area contributed by atoms with E-state index in [4.69, 9.17) is 9.47 Å². The van der Waals surface area contributed by atoms with Crippen LogP contribution < -0.4 is 20.7 Å². The first-order chi connectivity index (χ1) is 16.6. The number of carbonyl (C=O) groups is 2. The van der Waals surface area contributed by atoms with E-state index in [1.165, 1.54) is 5.56 Å². The van der Waals surface area contributed by atoms with Crippen molar-refractivity contribution < 1.29 is 19.1 Å². The van der Waals surface area contributed by atoms with Gasteiger partial charge < -0.3 is 25.4 Å². The molecule has 0 saturated carbocycles. The molecule has 0 aliphatic carbocycles. The van der Waals surface area contributed by atoms with E-state index in [0.717, 1.165) is 24.3 Å². The number of nitrogens with one attached hydrogen (secondary N) is 3. The highest BCUT2D eigenvalue weighted by atomic mass is 16.5. The number of hydrogen-bond acceptors (Lipinski definition) is 5. The van der Waals surface area contributed by atoms with Crippen LogP contribution in [0.2, 0.25) is 0 Å². The number of carbonyl (C=O) groups excluding carboxylic acids is 2. The van der Waals surface area contributed by atoms with Gasteiger partial charge in [0.15, 0.2) is 0 Å². The van der Waals surface area contributed by atoms with Gasteiger partial charge in [-0.25, -0.2) is 0 Å². The number of hydrogen-bond donors (Lipinski definition) is 3. The number of ether oxygens (including phenoxy) is 2. The summed E-state index contributed by atoms with van der Waals surface area (Å²) in [7, 11) is 1.63. The molecule has 0 heterocycles. The molecule has 0 atom stereocenters. The minimum Gasteiger partial charge on any atom is -0.493 e. The van der Waals surface area contributed by atoms with Gasteiger partial charge in [0.05, 0.1) is 13.2 Å². The molecular formula is C27H31N3O4. The number of anilines is 2. The van der Waals surface area contributed by atoms with Crippen LogP contribution in [0.4, 0.5) is 11.4 Å². The molecule has 0 aliphatic rings. The number of methoxy groups -OCH3 is 1. The zero-order valence-corrected chi connectivity index (χ0v) is 19.4. The molecule has 0 spiro atoms. The molecule has 3 rings (SSSR count). The SMILES string of the molecule is COCCCNC(=O)c1cccc(NC(=O)CNc2cccc(OCCc3ccccc3)c2)c1. The van der Waals surface area contributed by atoms with Crippen LogP contribution >= 0.6 is 0 Å². The largest absolute Gasteiger partial charge is 0.493 e. The van der Waals surface area contributed by atoms with Gasteiger partial charge in [0.2, 0.25) is 5.91 Å². The summed E-state index contributed by atoms with van der Waals surface area (Å²) in [6.45, 7) is 1.78. The smallest absolute Gasteiger partial charge is 0.251 e. The first kappa shape index (κ1) is 24.8. The average molecular weight is 462 g/mol. The van der Waals surface area contributed by atoms with E-state index in [0.29, 0.717) is 31.0 Å². The fourth-order valence-electron chi connectivity index (χ4n) is 3.27. The number of amides is 2. The lowest BCUT2D eigenvalue weighted by atomic mass is 10.2. The van der Waals surface area contributed by atoms with E-state index in [-0.39, 0.29) is 18.4 Å². The van der Waals surface area contributed by atoms with Gasteiger partial charge in [0.1, 0.15) is 5.75 Å². The van der Waals surface area contributed by atoms with Gasteiger partial charge in [-0.05, 0) is 42.3 Å². The van der Waals surface area contributed by atoms with Crippen molar-refractivity contribution in [2.45, 2.75) is 12.8 Å². The lowest BCUT2D eigenvalue weighted by Gasteiger charge is -2.11. The van der Waals surface area contributed by atoms with Crippen molar-refractivity contribution in [2.75, 3.05) is 44.0 Å². The first-order valence-electron chi connectivity index (χ1n) is 11.3. The Bertz CT molecular complexity index is 1060. The molecule has 3 aromatic rings. The van der Waals surface area contributed by atoms with Crippen molar-refractivity contribution >= 4 is 23.2 Å². The molecule has 7 heteroatoms. The monoisotopic (exact) mass is 461 g/mol. The van der Waals surface area contributed by atoms with Gasteiger partial charge in [0, 0.05) is 49.7 Å². The molecule has 0 unspecified atom stereocenters. The molecule has 0 aliphatic heterocycles. The van der Waals surface area contributed by atoms with Crippen LogP contribution in [0.5, 0.6) is 5.75 Å². The zero-order chi connectivity index (χ0) is 24.0. The Morgan fingerprint density at radius 3 is 2.47 bits per heavy atom. The van der Waals surface area contributed by atoms with Gasteiger partial charge in [-0.3, -0.25) is 9.59 Å². The molecule has 7 nitrogen and oxygen atoms in total. The lowest BCUT2D eigenvalue weighted by Crippen LogP contribution is -2.25. The first-order valence-corrected chi connectivity index (χ1v) is 11.3. The standard InChI is InChI=1S/C27H31N3O4/c1-33-16-7-15-28-27(32)22-10-5-12-24(18-22)30-26(31)20-29-23-11-6-13-25(19-23)34-17-14-21-8-3-2-4-9-21/h2-6,8-13,18-19,29H,7,14-17,20H2,1H3,(H,28,32)(H,30,31). The molecule has 0 radical (unpaired) electrons. The summed E-state index contributed by atoms with van der Waals surface area (Å²) in [5, 5.41) is 8.76. The zero-order valence-electron chi connectivity index (χ0n) is 19.4. The quantitative estimate of drug-likeness (QED) is 0.333. The van der Waals surface area contributed by atoms with Gasteiger partial charge >= 0.3 is 0 Å². The summed E-state index contributed by atoms with van der Waals surface area (Å²) in [5.74, 6) is 0.341. The second kappa shape index (κ2) is 13.6. The molecule has 0 fully saturated rings. The second-order valence-corrected chi connectivity index (χ2v) is 7.70. The molecule has 34 heavy (non-hydrogen) atoms. The normalized spacial score (nSPS) is 10.4. The Labute approximate surface area is 200 Å². The molecular weight excluding hydrogens is 430 g/mol. The highest BCUT2D eigenvalue weighted by molar-refractivity contribution is 5.98. The fraction of sp³-hybridized carbons (Fsp3) is 0.259. The number of rotatable bonds is 13. The summed E-state index contributed by atoms with van der Waals surface area (Å²) in [6, 6.07) is 24.6. The van der Waals surface area contributed by atoms with Crippen LogP contribution in [-0.2, 0) is 16.0 Å². The summed E-state index contributed by atoms with van der Waals surface area (Å²) in [4.78, 5) is 24.7. The third kappa shape index (κ3) is 8.60. The van der Waals surface area contributed by atoms with E-state index >= 15 is 0 Å². The molecule has 0 aromatic heterocycles. The van der Waals surface area contributed by atoms with Crippen molar-refractivity contribution in [3.8, 4) is 5.75 Å². The van der Waals surface area contributed by atoms with E-state index in [2.05, 4.69) is 28.1 Å². The third-order valence-corrected chi connectivity index (χ3v) is 5.01. The van der Waals surface area contributed by atoms with Crippen molar-refractivity contribution in [3.05, 3.63) is 90.0 Å². The highest BCUT2D eigenvalue weighted by Gasteiger charge is 2.08. The van der Waals surface area contributed by atoms with E-state index in [9.17, 15) is 9.59 Å². The Balaban J connectivity index is 1.44. The van der Waals surface area contributed by atoms with Crippen LogP contribution in [0.1, 0.15) is 22.3 Å². The van der Waals surface area contributed by atoms with Crippen LogP contribution in [-0.4, -0.2) is 45.2 Å². The Kier molecular flexibility index (Phi) is 9.95. The maximum atomic E-state index is 12.4. The Morgan fingerprint density at radius 2 is 1.65 bits per heavy atom. The molecule has 0 saturated heterocycles. The minimum atomic E-state index is -0.215. The maximum absolute atomic E-state index is 12.4. The molecule has 178 valence electrons.